The molecule has 0 saturated heterocycles. The molecule has 0 fully saturated rings. The molecule has 0 aliphatic rings. The monoisotopic (exact) mass is 553 g/mol. The molecule has 0 aliphatic carbocycles. The lowest BCUT2D eigenvalue weighted by Crippen LogP contribution is -2.43. The zero-order chi connectivity index (χ0) is 22.6. The minimum absolute atomic E-state index is 0.213. The van der Waals surface area contributed by atoms with Crippen molar-refractivity contribution in [3.63, 3.8) is 0 Å². The summed E-state index contributed by atoms with van der Waals surface area (Å²) in [6.07, 6.45) is 11.2. The number of phosphoric acid groups is 1. The van der Waals surface area contributed by atoms with Crippen molar-refractivity contribution in [2.75, 3.05) is 27.7 Å². The largest absolute Gasteiger partial charge is 0.756 e. The zero-order valence-corrected chi connectivity index (χ0v) is 22.2. The number of halogens is 1. The van der Waals surface area contributed by atoms with E-state index in [4.69, 9.17) is 4.52 Å². The lowest BCUT2D eigenvalue weighted by molar-refractivity contribution is -0.873. The van der Waals surface area contributed by atoms with Crippen LogP contribution in [0.4, 0.5) is 0 Å². The van der Waals surface area contributed by atoms with Gasteiger partial charge in [-0.2, -0.15) is 0 Å². The second-order valence-corrected chi connectivity index (χ2v) is 11.8. The predicted octanol–water partition coefficient (Wildman–Crippen LogP) is 5.85. The summed E-state index contributed by atoms with van der Waals surface area (Å²) in [5.74, 6) is 0.213. The maximum absolute atomic E-state index is 11.5. The van der Waals surface area contributed by atoms with Crippen LogP contribution in [0.15, 0.2) is 24.3 Å². The molecule has 0 radical (unpaired) electrons. The molecule has 30 heavy (non-hydrogen) atoms. The van der Waals surface area contributed by atoms with Crippen LogP contribution >= 0.6 is 30.4 Å². The van der Waals surface area contributed by atoms with Crippen molar-refractivity contribution in [1.82, 2.24) is 0 Å². The van der Waals surface area contributed by atoms with E-state index in [0.29, 0.717) is 17.4 Å². The molecule has 0 aromatic heterocycles. The van der Waals surface area contributed by atoms with Gasteiger partial charge in [-0.05, 0) is 59.0 Å². The predicted molar refractivity (Wildman–Crippen MR) is 131 cm³/mol. The first-order valence-corrected chi connectivity index (χ1v) is 13.9. The van der Waals surface area contributed by atoms with Gasteiger partial charge in [-0.3, -0.25) is 4.57 Å². The second kappa shape index (κ2) is 14.2. The van der Waals surface area contributed by atoms with E-state index in [2.05, 4.69) is 53.8 Å². The van der Waals surface area contributed by atoms with Gasteiger partial charge in [-0.1, -0.05) is 70.4 Å². The average molecular weight is 553 g/mol. The maximum atomic E-state index is 11.5. The molecule has 1 N–H and O–H groups in total. The molecule has 7 heteroatoms. The van der Waals surface area contributed by atoms with E-state index in [0.717, 1.165) is 12.8 Å². The number of benzene rings is 1. The molecular weight excluding hydrogens is 512 g/mol. The minimum Gasteiger partial charge on any atom is -0.756 e. The van der Waals surface area contributed by atoms with E-state index in [9.17, 15) is 14.4 Å². The van der Waals surface area contributed by atoms with Crippen LogP contribution in [0.3, 0.4) is 0 Å². The summed E-state index contributed by atoms with van der Waals surface area (Å²) in [7, 11) is 1.23. The number of hydrogen-bond acceptors (Lipinski definition) is 3. The molecule has 0 spiro atoms. The average Bonchev–Trinajstić information content (AvgIpc) is 2.61. The lowest BCUT2D eigenvalue weighted by Gasteiger charge is -2.33. The van der Waals surface area contributed by atoms with Crippen LogP contribution in [-0.4, -0.2) is 43.2 Å². The standard InChI is InChI=1S/C23H41INO4P/c1-5-6-7-8-9-10-11-12-13-21(20-14-16-22(24)17-15-20)18-23(19-25(2,3)4)29-30(26,27)28/h14-17,21,23H,5-13,18-19H2,1-4H3,(H-,26,27,28). The number of rotatable bonds is 16. The Morgan fingerprint density at radius 3 is 2.07 bits per heavy atom. The fourth-order valence-corrected chi connectivity index (χ4v) is 4.84. The molecule has 174 valence electrons. The third-order valence-corrected chi connectivity index (χ3v) is 6.61. The molecule has 0 bridgehead atoms. The van der Waals surface area contributed by atoms with E-state index in [1.165, 1.54) is 54.1 Å². The van der Waals surface area contributed by atoms with Gasteiger partial charge in [0, 0.05) is 3.57 Å². The topological polar surface area (TPSA) is 69.6 Å². The van der Waals surface area contributed by atoms with E-state index < -0.39 is 13.9 Å². The number of unbranched alkanes of at least 4 members (excludes halogenated alkanes) is 7. The highest BCUT2D eigenvalue weighted by Crippen LogP contribution is 2.37. The van der Waals surface area contributed by atoms with Gasteiger partial charge in [-0.25, -0.2) is 0 Å². The highest BCUT2D eigenvalue weighted by molar-refractivity contribution is 14.1. The minimum atomic E-state index is -4.77. The Kier molecular flexibility index (Phi) is 13.3. The van der Waals surface area contributed by atoms with Crippen molar-refractivity contribution in [2.45, 2.75) is 83.2 Å². The van der Waals surface area contributed by atoms with Crippen LogP contribution < -0.4 is 4.89 Å². The molecule has 0 amide bonds. The quantitative estimate of drug-likeness (QED) is 0.121. The van der Waals surface area contributed by atoms with E-state index >= 15 is 0 Å². The Bertz CT molecular complexity index is 627. The Hall–Kier alpha value is 0.0200. The summed E-state index contributed by atoms with van der Waals surface area (Å²) in [6.45, 7) is 2.76. The first-order chi connectivity index (χ1) is 14.0. The van der Waals surface area contributed by atoms with Crippen molar-refractivity contribution < 1.29 is 23.4 Å². The van der Waals surface area contributed by atoms with Gasteiger partial charge in [0.15, 0.2) is 0 Å². The maximum Gasteiger partial charge on any atom is 0.265 e. The van der Waals surface area contributed by atoms with E-state index in [-0.39, 0.29) is 5.92 Å². The van der Waals surface area contributed by atoms with Gasteiger partial charge in [0.2, 0.25) is 0 Å². The third kappa shape index (κ3) is 14.2. The third-order valence-electron chi connectivity index (χ3n) is 5.33. The molecule has 0 saturated carbocycles. The van der Waals surface area contributed by atoms with Gasteiger partial charge in [0.25, 0.3) is 7.82 Å². The zero-order valence-electron chi connectivity index (χ0n) is 19.2. The molecule has 5 nitrogen and oxygen atoms in total. The summed E-state index contributed by atoms with van der Waals surface area (Å²) >= 11 is 2.30. The summed E-state index contributed by atoms with van der Waals surface area (Å²) in [5, 5.41) is 0. The van der Waals surface area contributed by atoms with Crippen LogP contribution in [0, 0.1) is 3.57 Å². The first kappa shape index (κ1) is 28.1. The van der Waals surface area contributed by atoms with Gasteiger partial charge < -0.3 is 18.8 Å². The van der Waals surface area contributed by atoms with Crippen LogP contribution in [0.2, 0.25) is 0 Å². The highest BCUT2D eigenvalue weighted by Gasteiger charge is 2.26. The van der Waals surface area contributed by atoms with Crippen LogP contribution in [0.25, 0.3) is 0 Å². The molecule has 0 heterocycles. The summed E-state index contributed by atoms with van der Waals surface area (Å²) < 4.78 is 18.3. The fourth-order valence-electron chi connectivity index (χ4n) is 3.95. The van der Waals surface area contributed by atoms with Crippen molar-refractivity contribution in [3.05, 3.63) is 33.4 Å². The number of likely N-dealkylation sites (N-methyl/N-ethyl adjacent to an activating group) is 1. The van der Waals surface area contributed by atoms with Gasteiger partial charge in [-0.15, -0.1) is 0 Å². The Morgan fingerprint density at radius 2 is 1.57 bits per heavy atom. The number of phosphoric ester groups is 1. The molecule has 0 aliphatic heterocycles. The smallest absolute Gasteiger partial charge is 0.265 e. The lowest BCUT2D eigenvalue weighted by atomic mass is 9.88. The van der Waals surface area contributed by atoms with Crippen molar-refractivity contribution >= 4 is 30.4 Å². The van der Waals surface area contributed by atoms with Crippen LogP contribution in [0.5, 0.6) is 0 Å². The number of quaternary nitrogens is 1. The molecule has 1 aromatic rings. The summed E-state index contributed by atoms with van der Waals surface area (Å²) in [6, 6.07) is 8.46. The SMILES string of the molecule is CCCCCCCCCCC(CC(C[N+](C)(C)C)OP(=O)([O-])O)c1ccc(I)cc1. The number of nitrogens with zero attached hydrogens (tertiary/aromatic N) is 1. The summed E-state index contributed by atoms with van der Waals surface area (Å²) in [4.78, 5) is 20.8. The van der Waals surface area contributed by atoms with Crippen LogP contribution in [0.1, 0.15) is 82.6 Å². The van der Waals surface area contributed by atoms with Crippen molar-refractivity contribution in [1.29, 1.82) is 0 Å². The van der Waals surface area contributed by atoms with Crippen molar-refractivity contribution in [3.8, 4) is 0 Å². The molecular formula is C23H41INO4P. The van der Waals surface area contributed by atoms with Crippen molar-refractivity contribution in [2.24, 2.45) is 0 Å². The highest BCUT2D eigenvalue weighted by atomic mass is 127. The van der Waals surface area contributed by atoms with Gasteiger partial charge in [0.05, 0.1) is 21.1 Å². The molecule has 3 unspecified atom stereocenters. The Morgan fingerprint density at radius 1 is 1.03 bits per heavy atom. The van der Waals surface area contributed by atoms with Crippen LogP contribution in [-0.2, 0) is 9.09 Å². The fraction of sp³-hybridized carbons (Fsp3) is 0.739. The van der Waals surface area contributed by atoms with Gasteiger partial charge in [0.1, 0.15) is 12.6 Å². The number of hydrogen-bond donors (Lipinski definition) is 1. The van der Waals surface area contributed by atoms with Gasteiger partial charge >= 0.3 is 0 Å². The normalized spacial score (nSPS) is 16.2. The Balaban J connectivity index is 2.73. The Labute approximate surface area is 197 Å². The molecule has 3 atom stereocenters. The summed E-state index contributed by atoms with van der Waals surface area (Å²) in [5.41, 5.74) is 1.21. The first-order valence-electron chi connectivity index (χ1n) is 11.3. The van der Waals surface area contributed by atoms with E-state index in [1.807, 2.05) is 21.1 Å². The second-order valence-electron chi connectivity index (χ2n) is 9.42. The van der Waals surface area contributed by atoms with E-state index in [1.54, 1.807) is 0 Å². The molecule has 1 rings (SSSR count). The molecule has 1 aromatic carbocycles.